The number of fused-ring (bicyclic) bond motifs is 1. The van der Waals surface area contributed by atoms with E-state index >= 15 is 0 Å². The lowest BCUT2D eigenvalue weighted by atomic mass is 10.2. The average molecular weight is 284 g/mol. The van der Waals surface area contributed by atoms with Gasteiger partial charge in [-0.3, -0.25) is 0 Å². The highest BCUT2D eigenvalue weighted by atomic mass is 32.2. The number of unbranched alkanes of at least 4 members (excludes halogenated alkanes) is 1. The van der Waals surface area contributed by atoms with E-state index < -0.39 is 0 Å². The molecule has 1 aromatic carbocycles. The zero-order valence-electron chi connectivity index (χ0n) is 11.3. The SMILES string of the molecule is CCCCSc1ccc(-c2nc3nccnc3[nH]2)cc1. The maximum atomic E-state index is 4.45. The second kappa shape index (κ2) is 6.05. The van der Waals surface area contributed by atoms with Crippen molar-refractivity contribution in [3.63, 3.8) is 0 Å². The van der Waals surface area contributed by atoms with Crippen molar-refractivity contribution in [2.45, 2.75) is 24.7 Å². The Balaban J connectivity index is 1.79. The second-order valence-corrected chi connectivity index (χ2v) is 5.71. The molecular weight excluding hydrogens is 268 g/mol. The van der Waals surface area contributed by atoms with Crippen molar-refractivity contribution < 1.29 is 0 Å². The Morgan fingerprint density at radius 1 is 1.10 bits per heavy atom. The molecule has 0 fully saturated rings. The van der Waals surface area contributed by atoms with Gasteiger partial charge in [-0.05, 0) is 24.3 Å². The van der Waals surface area contributed by atoms with Gasteiger partial charge in [0.2, 0.25) is 0 Å². The maximum absolute atomic E-state index is 4.45. The predicted molar refractivity (Wildman–Crippen MR) is 82.8 cm³/mol. The van der Waals surface area contributed by atoms with E-state index in [1.807, 2.05) is 11.8 Å². The van der Waals surface area contributed by atoms with E-state index in [0.29, 0.717) is 5.65 Å². The highest BCUT2D eigenvalue weighted by Crippen LogP contribution is 2.24. The zero-order valence-corrected chi connectivity index (χ0v) is 12.2. The first kappa shape index (κ1) is 13.1. The Morgan fingerprint density at radius 2 is 1.90 bits per heavy atom. The van der Waals surface area contributed by atoms with Crippen LogP contribution in [0.2, 0.25) is 0 Å². The van der Waals surface area contributed by atoms with Crippen LogP contribution in [-0.2, 0) is 0 Å². The molecule has 0 radical (unpaired) electrons. The molecule has 0 aliphatic rings. The van der Waals surface area contributed by atoms with Gasteiger partial charge in [0.1, 0.15) is 5.82 Å². The largest absolute Gasteiger partial charge is 0.321 e. The Kier molecular flexibility index (Phi) is 3.97. The molecule has 0 amide bonds. The van der Waals surface area contributed by atoms with Crippen LogP contribution in [0.4, 0.5) is 0 Å². The number of aromatic nitrogens is 4. The van der Waals surface area contributed by atoms with Crippen LogP contribution in [0.25, 0.3) is 22.7 Å². The molecule has 3 aromatic rings. The van der Waals surface area contributed by atoms with Crippen LogP contribution < -0.4 is 0 Å². The number of hydrogen-bond donors (Lipinski definition) is 1. The minimum absolute atomic E-state index is 0.656. The van der Waals surface area contributed by atoms with E-state index in [-0.39, 0.29) is 0 Å². The van der Waals surface area contributed by atoms with Crippen molar-refractivity contribution in [3.05, 3.63) is 36.7 Å². The lowest BCUT2D eigenvalue weighted by molar-refractivity contribution is 0.896. The third-order valence-corrected chi connectivity index (χ3v) is 4.13. The van der Waals surface area contributed by atoms with Crippen LogP contribution >= 0.6 is 11.8 Å². The Labute approximate surface area is 122 Å². The maximum Gasteiger partial charge on any atom is 0.197 e. The molecule has 0 saturated carbocycles. The summed E-state index contributed by atoms with van der Waals surface area (Å²) in [6, 6.07) is 8.46. The van der Waals surface area contributed by atoms with Crippen molar-refractivity contribution in [1.29, 1.82) is 0 Å². The van der Waals surface area contributed by atoms with Gasteiger partial charge in [-0.2, -0.15) is 0 Å². The average Bonchev–Trinajstić information content (AvgIpc) is 2.92. The van der Waals surface area contributed by atoms with Gasteiger partial charge in [0.15, 0.2) is 11.3 Å². The molecule has 2 heterocycles. The topological polar surface area (TPSA) is 54.5 Å². The third-order valence-electron chi connectivity index (χ3n) is 3.03. The summed E-state index contributed by atoms with van der Waals surface area (Å²) in [6.45, 7) is 2.22. The first-order valence-electron chi connectivity index (χ1n) is 6.77. The quantitative estimate of drug-likeness (QED) is 0.570. The van der Waals surface area contributed by atoms with Crippen LogP contribution in [0.3, 0.4) is 0 Å². The van der Waals surface area contributed by atoms with Gasteiger partial charge in [0.25, 0.3) is 0 Å². The number of H-pyrrole nitrogens is 1. The van der Waals surface area contributed by atoms with Crippen LogP contribution in [0, 0.1) is 0 Å². The van der Waals surface area contributed by atoms with Crippen LogP contribution in [0.15, 0.2) is 41.6 Å². The standard InChI is InChI=1S/C15H16N4S/c1-2-3-10-20-12-6-4-11(5-7-12)13-18-14-15(19-13)17-9-8-16-14/h4-9H,2-3,10H2,1H3,(H,16,17,18,19). The Hall–Kier alpha value is -1.88. The van der Waals surface area contributed by atoms with Crippen molar-refractivity contribution in [2.24, 2.45) is 0 Å². The summed E-state index contributed by atoms with van der Waals surface area (Å²) in [7, 11) is 0. The van der Waals surface area contributed by atoms with Gasteiger partial charge in [0, 0.05) is 22.9 Å². The molecule has 2 aromatic heterocycles. The molecule has 3 rings (SSSR count). The summed E-state index contributed by atoms with van der Waals surface area (Å²) in [5, 5.41) is 0. The Morgan fingerprint density at radius 3 is 2.65 bits per heavy atom. The summed E-state index contributed by atoms with van der Waals surface area (Å²) in [5.74, 6) is 1.99. The summed E-state index contributed by atoms with van der Waals surface area (Å²) in [4.78, 5) is 17.3. The number of aromatic amines is 1. The number of hydrogen-bond acceptors (Lipinski definition) is 4. The van der Waals surface area contributed by atoms with Gasteiger partial charge in [0.05, 0.1) is 0 Å². The molecule has 1 N–H and O–H groups in total. The van der Waals surface area contributed by atoms with E-state index in [1.54, 1.807) is 12.4 Å². The van der Waals surface area contributed by atoms with Crippen LogP contribution in [-0.4, -0.2) is 25.7 Å². The summed E-state index contributed by atoms with van der Waals surface area (Å²) >= 11 is 1.90. The highest BCUT2D eigenvalue weighted by Gasteiger charge is 2.06. The van der Waals surface area contributed by atoms with Crippen molar-refractivity contribution >= 4 is 23.1 Å². The molecule has 0 unspecified atom stereocenters. The van der Waals surface area contributed by atoms with Gasteiger partial charge in [-0.25, -0.2) is 15.0 Å². The number of nitrogens with zero attached hydrogens (tertiary/aromatic N) is 3. The fourth-order valence-corrected chi connectivity index (χ4v) is 2.92. The predicted octanol–water partition coefficient (Wildman–Crippen LogP) is 3.91. The van der Waals surface area contributed by atoms with Gasteiger partial charge in [-0.15, -0.1) is 11.8 Å². The first-order chi connectivity index (χ1) is 9.86. The lowest BCUT2D eigenvalue weighted by Crippen LogP contribution is -1.82. The highest BCUT2D eigenvalue weighted by molar-refractivity contribution is 7.99. The minimum atomic E-state index is 0.656. The van der Waals surface area contributed by atoms with Crippen LogP contribution in [0.1, 0.15) is 19.8 Å². The fraction of sp³-hybridized carbons (Fsp3) is 0.267. The van der Waals surface area contributed by atoms with E-state index in [9.17, 15) is 0 Å². The molecule has 0 spiro atoms. The van der Waals surface area contributed by atoms with E-state index in [1.165, 1.54) is 23.5 Å². The van der Waals surface area contributed by atoms with Gasteiger partial charge in [-0.1, -0.05) is 25.5 Å². The minimum Gasteiger partial charge on any atom is -0.321 e. The Bertz CT molecular complexity index is 657. The summed E-state index contributed by atoms with van der Waals surface area (Å²) in [6.07, 6.45) is 5.82. The number of benzene rings is 1. The van der Waals surface area contributed by atoms with Gasteiger partial charge < -0.3 is 4.98 Å². The second-order valence-electron chi connectivity index (χ2n) is 4.54. The molecule has 0 atom stereocenters. The molecule has 0 saturated heterocycles. The van der Waals surface area contributed by atoms with Gasteiger partial charge >= 0.3 is 0 Å². The molecule has 0 aliphatic carbocycles. The van der Waals surface area contributed by atoms with E-state index in [4.69, 9.17) is 0 Å². The van der Waals surface area contributed by atoms with E-state index in [2.05, 4.69) is 51.1 Å². The zero-order chi connectivity index (χ0) is 13.8. The molecule has 4 nitrogen and oxygen atoms in total. The normalized spacial score (nSPS) is 11.1. The fourth-order valence-electron chi connectivity index (χ4n) is 1.93. The molecule has 0 aliphatic heterocycles. The molecular formula is C15H16N4S. The monoisotopic (exact) mass is 284 g/mol. The molecule has 5 heteroatoms. The smallest absolute Gasteiger partial charge is 0.197 e. The summed E-state index contributed by atoms with van der Waals surface area (Å²) < 4.78 is 0. The summed E-state index contributed by atoms with van der Waals surface area (Å²) in [5.41, 5.74) is 2.44. The third kappa shape index (κ3) is 2.82. The first-order valence-corrected chi connectivity index (χ1v) is 7.75. The van der Waals surface area contributed by atoms with Crippen molar-refractivity contribution in [2.75, 3.05) is 5.75 Å². The molecule has 20 heavy (non-hydrogen) atoms. The van der Waals surface area contributed by atoms with Crippen molar-refractivity contribution in [3.8, 4) is 11.4 Å². The van der Waals surface area contributed by atoms with Crippen LogP contribution in [0.5, 0.6) is 0 Å². The number of imidazole rings is 1. The number of rotatable bonds is 5. The number of thioether (sulfide) groups is 1. The van der Waals surface area contributed by atoms with E-state index in [0.717, 1.165) is 17.0 Å². The lowest BCUT2D eigenvalue weighted by Gasteiger charge is -2.01. The molecule has 102 valence electrons. The molecule has 0 bridgehead atoms. The number of nitrogens with one attached hydrogen (secondary N) is 1. The van der Waals surface area contributed by atoms with Crippen molar-refractivity contribution in [1.82, 2.24) is 19.9 Å².